The van der Waals surface area contributed by atoms with Gasteiger partial charge >= 0.3 is 0 Å². The van der Waals surface area contributed by atoms with Crippen molar-refractivity contribution in [1.82, 2.24) is 14.8 Å². The van der Waals surface area contributed by atoms with Crippen LogP contribution >= 0.6 is 0 Å². The van der Waals surface area contributed by atoms with Crippen LogP contribution in [0.2, 0.25) is 0 Å². The van der Waals surface area contributed by atoms with Crippen LogP contribution in [-0.4, -0.2) is 71.3 Å². The molecule has 1 N–H and O–H groups in total. The van der Waals surface area contributed by atoms with Crippen LogP contribution in [-0.2, 0) is 22.5 Å². The lowest BCUT2D eigenvalue weighted by molar-refractivity contribution is -0.131. The number of benzene rings is 1. The Kier molecular flexibility index (Phi) is 5.85. The minimum Gasteiger partial charge on any atom is -0.393 e. The van der Waals surface area contributed by atoms with E-state index < -0.39 is 0 Å². The number of fused-ring (bicyclic) bond motifs is 1. The molecule has 2 aromatic rings. The number of ether oxygens (including phenoxy) is 1. The molecule has 3 aliphatic rings. The smallest absolute Gasteiger partial charge is 0.250 e. The van der Waals surface area contributed by atoms with Gasteiger partial charge in [-0.3, -0.25) is 14.7 Å². The third-order valence-corrected chi connectivity index (χ3v) is 6.54. The van der Waals surface area contributed by atoms with Gasteiger partial charge in [0.2, 0.25) is 5.91 Å². The predicted octanol–water partition coefficient (Wildman–Crippen LogP) is 2.50. The van der Waals surface area contributed by atoms with Crippen molar-refractivity contribution < 1.29 is 14.6 Å². The molecule has 0 radical (unpaired) electrons. The number of morpholine rings is 1. The Morgan fingerprint density at radius 3 is 2.55 bits per heavy atom. The molecule has 0 spiro atoms. The molecule has 2 saturated heterocycles. The summed E-state index contributed by atoms with van der Waals surface area (Å²) in [6.45, 7) is 5.35. The van der Waals surface area contributed by atoms with Gasteiger partial charge in [-0.1, -0.05) is 24.3 Å². The van der Waals surface area contributed by atoms with Gasteiger partial charge in [-0.15, -0.1) is 0 Å². The van der Waals surface area contributed by atoms with Crippen molar-refractivity contribution in [3.63, 3.8) is 0 Å². The molecule has 3 heterocycles. The van der Waals surface area contributed by atoms with Crippen LogP contribution in [0.5, 0.6) is 0 Å². The van der Waals surface area contributed by atoms with Crippen LogP contribution < -0.4 is 0 Å². The van der Waals surface area contributed by atoms with E-state index in [1.165, 1.54) is 5.56 Å². The summed E-state index contributed by atoms with van der Waals surface area (Å²) in [7, 11) is 0. The zero-order valence-corrected chi connectivity index (χ0v) is 17.8. The number of carbonyl (C=O) groups is 1. The number of carbonyl (C=O) groups excluding carboxylic acids is 1. The highest BCUT2D eigenvalue weighted by Crippen LogP contribution is 2.33. The monoisotopic (exact) mass is 419 g/mol. The number of nitrogens with zero attached hydrogens (tertiary/aromatic N) is 3. The van der Waals surface area contributed by atoms with Gasteiger partial charge in [0.25, 0.3) is 0 Å². The van der Waals surface area contributed by atoms with Crippen LogP contribution in [0.25, 0.3) is 17.3 Å². The van der Waals surface area contributed by atoms with Crippen LogP contribution in [0.1, 0.15) is 29.5 Å². The van der Waals surface area contributed by atoms with Crippen molar-refractivity contribution >= 4 is 12.0 Å². The number of pyridine rings is 1. The molecule has 6 nitrogen and oxygen atoms in total. The van der Waals surface area contributed by atoms with Crippen LogP contribution in [0.15, 0.2) is 42.1 Å². The first kappa shape index (κ1) is 20.4. The Labute approximate surface area is 183 Å². The minimum absolute atomic E-state index is 0.118. The number of hydrogen-bond acceptors (Lipinski definition) is 5. The highest BCUT2D eigenvalue weighted by Gasteiger charge is 2.26. The standard InChI is InChI=1S/C25H29N3O3/c29-22-6-9-27(10-7-22)17-18-1-3-19(4-2-18)24-23-16-21(15-20(23)5-8-26-24)25(30)28-11-13-31-14-12-28/h1-5,8,16,22,29H,6-7,9-15,17H2. The number of aliphatic hydroxyl groups excluding tert-OH is 1. The van der Waals surface area contributed by atoms with E-state index in [2.05, 4.69) is 34.1 Å². The molecule has 5 rings (SSSR count). The van der Waals surface area contributed by atoms with E-state index in [-0.39, 0.29) is 12.0 Å². The largest absolute Gasteiger partial charge is 0.393 e. The van der Waals surface area contributed by atoms with Gasteiger partial charge < -0.3 is 14.7 Å². The number of aliphatic hydroxyl groups is 1. The fraction of sp³-hybridized carbons (Fsp3) is 0.440. The number of likely N-dealkylation sites (tertiary alicyclic amines) is 1. The second-order valence-corrected chi connectivity index (χ2v) is 8.69. The lowest BCUT2D eigenvalue weighted by Crippen LogP contribution is -2.41. The predicted molar refractivity (Wildman–Crippen MR) is 119 cm³/mol. The zero-order chi connectivity index (χ0) is 21.2. The van der Waals surface area contributed by atoms with Gasteiger partial charge in [0.1, 0.15) is 0 Å². The summed E-state index contributed by atoms with van der Waals surface area (Å²) in [5, 5.41) is 9.69. The number of hydrogen-bond donors (Lipinski definition) is 1. The summed E-state index contributed by atoms with van der Waals surface area (Å²) >= 11 is 0. The number of rotatable bonds is 4. The molecule has 1 amide bonds. The number of piperidine rings is 1. The second kappa shape index (κ2) is 8.91. The molecule has 162 valence electrons. The third-order valence-electron chi connectivity index (χ3n) is 6.54. The molecule has 0 saturated carbocycles. The van der Waals surface area contributed by atoms with Crippen molar-refractivity contribution in [2.45, 2.75) is 31.9 Å². The summed E-state index contributed by atoms with van der Waals surface area (Å²) in [6, 6.07) is 10.6. The zero-order valence-electron chi connectivity index (χ0n) is 17.8. The maximum Gasteiger partial charge on any atom is 0.250 e. The van der Waals surface area contributed by atoms with E-state index in [4.69, 9.17) is 4.74 Å². The first-order valence-electron chi connectivity index (χ1n) is 11.2. The molecule has 0 unspecified atom stereocenters. The summed E-state index contributed by atoms with van der Waals surface area (Å²) in [5.41, 5.74) is 6.36. The Balaban J connectivity index is 1.32. The van der Waals surface area contributed by atoms with Crippen molar-refractivity contribution in [1.29, 1.82) is 0 Å². The van der Waals surface area contributed by atoms with Crippen molar-refractivity contribution in [2.75, 3.05) is 39.4 Å². The Morgan fingerprint density at radius 1 is 1.06 bits per heavy atom. The lowest BCUT2D eigenvalue weighted by atomic mass is 10.0. The van der Waals surface area contributed by atoms with E-state index in [0.717, 1.165) is 60.4 Å². The summed E-state index contributed by atoms with van der Waals surface area (Å²) < 4.78 is 5.38. The topological polar surface area (TPSA) is 65.9 Å². The molecule has 2 fully saturated rings. The van der Waals surface area contributed by atoms with E-state index >= 15 is 0 Å². The van der Waals surface area contributed by atoms with Gasteiger partial charge in [0.15, 0.2) is 0 Å². The van der Waals surface area contributed by atoms with Gasteiger partial charge in [0, 0.05) is 62.0 Å². The van der Waals surface area contributed by atoms with Crippen molar-refractivity contribution in [3.05, 3.63) is 58.8 Å². The first-order valence-corrected chi connectivity index (χ1v) is 11.2. The molecule has 6 heteroatoms. The highest BCUT2D eigenvalue weighted by molar-refractivity contribution is 6.01. The Hall–Kier alpha value is -2.54. The molecule has 0 bridgehead atoms. The fourth-order valence-electron chi connectivity index (χ4n) is 4.70. The highest BCUT2D eigenvalue weighted by atomic mass is 16.5. The average Bonchev–Trinajstić information content (AvgIpc) is 3.26. The maximum atomic E-state index is 12.9. The SMILES string of the molecule is O=C(C1=Cc2c(ccnc2-c2ccc(CN3CCC(O)CC3)cc2)C1)N1CCOCC1. The summed E-state index contributed by atoms with van der Waals surface area (Å²) in [6.07, 6.45) is 6.11. The minimum atomic E-state index is -0.141. The van der Waals surface area contributed by atoms with E-state index in [1.807, 2.05) is 23.2 Å². The molecule has 1 aromatic carbocycles. The van der Waals surface area contributed by atoms with Gasteiger partial charge in [-0.05, 0) is 36.1 Å². The fourth-order valence-corrected chi connectivity index (χ4v) is 4.70. The maximum absolute atomic E-state index is 12.9. The quantitative estimate of drug-likeness (QED) is 0.825. The lowest BCUT2D eigenvalue weighted by Gasteiger charge is -2.29. The second-order valence-electron chi connectivity index (χ2n) is 8.69. The molecule has 2 aliphatic heterocycles. The summed E-state index contributed by atoms with van der Waals surface area (Å²) in [4.78, 5) is 21.9. The Morgan fingerprint density at radius 2 is 1.81 bits per heavy atom. The molecule has 31 heavy (non-hydrogen) atoms. The van der Waals surface area contributed by atoms with Gasteiger partial charge in [-0.2, -0.15) is 0 Å². The van der Waals surface area contributed by atoms with E-state index in [0.29, 0.717) is 32.7 Å². The van der Waals surface area contributed by atoms with Crippen molar-refractivity contribution in [3.8, 4) is 11.3 Å². The number of amides is 1. The molecule has 0 atom stereocenters. The molecular weight excluding hydrogens is 390 g/mol. The molecule has 1 aliphatic carbocycles. The van der Waals surface area contributed by atoms with E-state index in [9.17, 15) is 9.90 Å². The van der Waals surface area contributed by atoms with Crippen LogP contribution in [0.3, 0.4) is 0 Å². The number of aromatic nitrogens is 1. The van der Waals surface area contributed by atoms with Gasteiger partial charge in [0.05, 0.1) is 25.0 Å². The average molecular weight is 420 g/mol. The Bertz CT molecular complexity index is 972. The van der Waals surface area contributed by atoms with Crippen molar-refractivity contribution in [2.24, 2.45) is 0 Å². The molecule has 1 aromatic heterocycles. The van der Waals surface area contributed by atoms with Crippen LogP contribution in [0, 0.1) is 0 Å². The first-order chi connectivity index (χ1) is 15.2. The molecular formula is C25H29N3O3. The summed E-state index contributed by atoms with van der Waals surface area (Å²) in [5.74, 6) is 0.118. The van der Waals surface area contributed by atoms with E-state index in [1.54, 1.807) is 0 Å². The third kappa shape index (κ3) is 4.42. The van der Waals surface area contributed by atoms with Gasteiger partial charge in [-0.25, -0.2) is 0 Å². The van der Waals surface area contributed by atoms with Crippen LogP contribution in [0.4, 0.5) is 0 Å². The normalized spacial score (nSPS) is 19.9.